The van der Waals surface area contributed by atoms with Gasteiger partial charge in [0.2, 0.25) is 5.91 Å². The average Bonchev–Trinajstić information content (AvgIpc) is 3.06. The summed E-state index contributed by atoms with van der Waals surface area (Å²) in [6, 6.07) is 12.8. The second-order valence-electron chi connectivity index (χ2n) is 5.84. The van der Waals surface area contributed by atoms with E-state index >= 15 is 0 Å². The highest BCUT2D eigenvalue weighted by Gasteiger charge is 2.12. The molecule has 0 saturated heterocycles. The molecule has 1 N–H and O–H groups in total. The minimum atomic E-state index is -2.88. The Morgan fingerprint density at radius 3 is 2.80 bits per heavy atom. The molecule has 1 aliphatic rings. The van der Waals surface area contributed by atoms with Crippen molar-refractivity contribution in [2.24, 2.45) is 0 Å². The largest absolute Gasteiger partial charge is 0.434 e. The molecule has 1 amide bonds. The molecule has 1 aliphatic carbocycles. The third kappa shape index (κ3) is 4.95. The fraction of sp³-hybridized carbons (Fsp3) is 0.316. The van der Waals surface area contributed by atoms with Gasteiger partial charge < -0.3 is 10.1 Å². The summed E-state index contributed by atoms with van der Waals surface area (Å²) >= 11 is 1.48. The fourth-order valence-electron chi connectivity index (χ4n) is 2.89. The second-order valence-corrected chi connectivity index (χ2v) is 6.88. The van der Waals surface area contributed by atoms with E-state index in [0.29, 0.717) is 5.56 Å². The summed E-state index contributed by atoms with van der Waals surface area (Å²) in [7, 11) is 0. The maximum atomic E-state index is 12.4. The highest BCUT2D eigenvalue weighted by Crippen LogP contribution is 2.27. The first kappa shape index (κ1) is 17.7. The minimum absolute atomic E-state index is 0.0871. The first-order valence-corrected chi connectivity index (χ1v) is 9.14. The second kappa shape index (κ2) is 8.34. The van der Waals surface area contributed by atoms with Crippen molar-refractivity contribution in [1.82, 2.24) is 5.32 Å². The molecular formula is C19H19F2NO2S. The number of hydrogen-bond acceptors (Lipinski definition) is 3. The number of halogens is 2. The van der Waals surface area contributed by atoms with Crippen molar-refractivity contribution < 1.29 is 18.3 Å². The monoisotopic (exact) mass is 363 g/mol. The molecule has 0 fully saturated rings. The van der Waals surface area contributed by atoms with Gasteiger partial charge in [0, 0.05) is 17.0 Å². The summed E-state index contributed by atoms with van der Waals surface area (Å²) in [5, 5.41) is 2.75. The van der Waals surface area contributed by atoms with Crippen LogP contribution in [0, 0.1) is 0 Å². The van der Waals surface area contributed by atoms with E-state index in [0.717, 1.165) is 17.7 Å². The number of amides is 1. The molecular weight excluding hydrogens is 344 g/mol. The predicted molar refractivity (Wildman–Crippen MR) is 94.1 cm³/mol. The number of fused-ring (bicyclic) bond motifs is 1. The zero-order valence-electron chi connectivity index (χ0n) is 13.6. The van der Waals surface area contributed by atoms with Crippen molar-refractivity contribution in [3.8, 4) is 5.75 Å². The number of hydrogen-bond donors (Lipinski definition) is 1. The predicted octanol–water partition coefficient (Wildman–Crippen LogP) is 4.19. The summed E-state index contributed by atoms with van der Waals surface area (Å²) in [6.07, 6.45) is 3.45. The Bertz CT molecular complexity index is 752. The zero-order valence-corrected chi connectivity index (χ0v) is 14.5. The molecule has 3 rings (SSSR count). The lowest BCUT2D eigenvalue weighted by molar-refractivity contribution is -0.118. The number of nitrogens with one attached hydrogen (secondary N) is 1. The Hall–Kier alpha value is -2.08. The molecule has 3 nitrogen and oxygen atoms in total. The van der Waals surface area contributed by atoms with Crippen LogP contribution in [0.15, 0.2) is 47.4 Å². The Kier molecular flexibility index (Phi) is 5.91. The van der Waals surface area contributed by atoms with Gasteiger partial charge in [-0.25, -0.2) is 0 Å². The number of benzene rings is 2. The number of carbonyl (C=O) groups excluding carboxylic acids is 1. The number of alkyl halides is 2. The molecule has 0 atom stereocenters. The lowest BCUT2D eigenvalue weighted by Gasteiger charge is -2.11. The van der Waals surface area contributed by atoms with Crippen molar-refractivity contribution >= 4 is 17.7 Å². The number of ether oxygens (including phenoxy) is 1. The van der Waals surface area contributed by atoms with Crippen LogP contribution in [0.1, 0.15) is 23.1 Å². The highest BCUT2D eigenvalue weighted by molar-refractivity contribution is 8.00. The molecule has 0 heterocycles. The lowest BCUT2D eigenvalue weighted by Crippen LogP contribution is -2.25. The van der Waals surface area contributed by atoms with E-state index in [1.54, 1.807) is 18.2 Å². The van der Waals surface area contributed by atoms with Gasteiger partial charge in [-0.15, -0.1) is 11.8 Å². The van der Waals surface area contributed by atoms with Gasteiger partial charge in [-0.3, -0.25) is 4.79 Å². The zero-order chi connectivity index (χ0) is 17.6. The van der Waals surface area contributed by atoms with Crippen molar-refractivity contribution in [1.29, 1.82) is 0 Å². The first-order valence-electron chi connectivity index (χ1n) is 8.16. The molecule has 0 aliphatic heterocycles. The maximum Gasteiger partial charge on any atom is 0.387 e. The molecule has 0 radical (unpaired) electrons. The van der Waals surface area contributed by atoms with Gasteiger partial charge in [0.15, 0.2) is 0 Å². The van der Waals surface area contributed by atoms with Crippen LogP contribution in [-0.4, -0.2) is 18.3 Å². The standard InChI is InChI=1S/C19H19F2NO2S/c20-19(21)24-17-7-2-1-4-15(17)11-22-18(23)12-25-16-9-8-13-5-3-6-14(13)10-16/h1-2,4,7-10,19H,3,5-6,11-12H2,(H,22,23). The smallest absolute Gasteiger partial charge is 0.387 e. The Labute approximate surface area is 149 Å². The van der Waals surface area contributed by atoms with Crippen LogP contribution in [0.5, 0.6) is 5.75 Å². The minimum Gasteiger partial charge on any atom is -0.434 e. The molecule has 0 unspecified atom stereocenters. The van der Waals surface area contributed by atoms with Crippen LogP contribution in [0.25, 0.3) is 0 Å². The Balaban J connectivity index is 1.50. The summed E-state index contributed by atoms with van der Waals surface area (Å²) in [5.74, 6) is 0.234. The van der Waals surface area contributed by atoms with Crippen LogP contribution >= 0.6 is 11.8 Å². The molecule has 0 bridgehead atoms. The van der Waals surface area contributed by atoms with Gasteiger partial charge in [0.1, 0.15) is 5.75 Å². The van der Waals surface area contributed by atoms with Crippen LogP contribution in [0.3, 0.4) is 0 Å². The van der Waals surface area contributed by atoms with Gasteiger partial charge in [-0.05, 0) is 48.6 Å². The van der Waals surface area contributed by atoms with Crippen molar-refractivity contribution in [2.45, 2.75) is 37.3 Å². The van der Waals surface area contributed by atoms with Gasteiger partial charge in [0.25, 0.3) is 0 Å². The van der Waals surface area contributed by atoms with Crippen LogP contribution in [0.4, 0.5) is 8.78 Å². The lowest BCUT2D eigenvalue weighted by atomic mass is 10.1. The molecule has 132 valence electrons. The van der Waals surface area contributed by atoms with E-state index in [1.807, 2.05) is 6.07 Å². The maximum absolute atomic E-state index is 12.4. The number of thioether (sulfide) groups is 1. The average molecular weight is 363 g/mol. The Morgan fingerprint density at radius 1 is 1.16 bits per heavy atom. The van der Waals surface area contributed by atoms with Crippen LogP contribution in [0.2, 0.25) is 0 Å². The molecule has 25 heavy (non-hydrogen) atoms. The fourth-order valence-corrected chi connectivity index (χ4v) is 3.68. The van der Waals surface area contributed by atoms with E-state index in [-0.39, 0.29) is 24.0 Å². The van der Waals surface area contributed by atoms with Gasteiger partial charge in [-0.2, -0.15) is 8.78 Å². The van der Waals surface area contributed by atoms with Crippen molar-refractivity contribution in [2.75, 3.05) is 5.75 Å². The molecule has 2 aromatic rings. The van der Waals surface area contributed by atoms with Crippen LogP contribution in [-0.2, 0) is 24.2 Å². The molecule has 0 saturated carbocycles. The summed E-state index contributed by atoms with van der Waals surface area (Å²) in [5.41, 5.74) is 3.31. The molecule has 0 spiro atoms. The summed E-state index contributed by atoms with van der Waals surface area (Å²) in [6.45, 7) is -2.72. The number of aryl methyl sites for hydroxylation is 2. The van der Waals surface area contributed by atoms with Crippen molar-refractivity contribution in [3.05, 3.63) is 59.2 Å². The van der Waals surface area contributed by atoms with E-state index in [2.05, 4.69) is 22.2 Å². The summed E-state index contributed by atoms with van der Waals surface area (Å²) in [4.78, 5) is 13.1. The molecule has 6 heteroatoms. The van der Waals surface area contributed by atoms with E-state index in [4.69, 9.17) is 0 Å². The Morgan fingerprint density at radius 2 is 1.96 bits per heavy atom. The quantitative estimate of drug-likeness (QED) is 0.750. The van der Waals surface area contributed by atoms with E-state index < -0.39 is 6.61 Å². The van der Waals surface area contributed by atoms with E-state index in [9.17, 15) is 13.6 Å². The summed E-state index contributed by atoms with van der Waals surface area (Å²) < 4.78 is 29.2. The SMILES string of the molecule is O=C(CSc1ccc2c(c1)CCC2)NCc1ccccc1OC(F)F. The van der Waals surface area contributed by atoms with Crippen LogP contribution < -0.4 is 10.1 Å². The van der Waals surface area contributed by atoms with Gasteiger partial charge in [0.05, 0.1) is 5.75 Å². The van der Waals surface area contributed by atoms with Gasteiger partial charge >= 0.3 is 6.61 Å². The van der Waals surface area contributed by atoms with Crippen molar-refractivity contribution in [3.63, 3.8) is 0 Å². The topological polar surface area (TPSA) is 38.3 Å². The third-order valence-corrected chi connectivity index (χ3v) is 5.10. The third-order valence-electron chi connectivity index (χ3n) is 4.10. The number of carbonyl (C=O) groups is 1. The molecule has 0 aromatic heterocycles. The normalized spacial score (nSPS) is 12.9. The number of rotatable bonds is 7. The molecule has 2 aromatic carbocycles. The first-order chi connectivity index (χ1) is 12.1. The van der Waals surface area contributed by atoms with Gasteiger partial charge in [-0.1, -0.05) is 24.3 Å². The number of para-hydroxylation sites is 1. The highest BCUT2D eigenvalue weighted by atomic mass is 32.2. The van der Waals surface area contributed by atoms with E-state index in [1.165, 1.54) is 35.4 Å².